The molecule has 0 aromatic heterocycles. The van der Waals surface area contributed by atoms with Gasteiger partial charge in [-0.3, -0.25) is 4.99 Å². The lowest BCUT2D eigenvalue weighted by atomic mass is 10.2. The molecule has 25 heavy (non-hydrogen) atoms. The van der Waals surface area contributed by atoms with E-state index in [9.17, 15) is 8.42 Å². The lowest BCUT2D eigenvalue weighted by Gasteiger charge is -2.23. The molecule has 0 aliphatic carbocycles. The van der Waals surface area contributed by atoms with E-state index in [1.54, 1.807) is 21.0 Å². The number of aliphatic imine (C=N–C) groups is 1. The van der Waals surface area contributed by atoms with Gasteiger partial charge in [0.1, 0.15) is 0 Å². The number of hydrogen-bond donors (Lipinski definition) is 1. The van der Waals surface area contributed by atoms with Crippen LogP contribution in [0, 0.1) is 0 Å². The number of rotatable bonds is 8. The maximum Gasteiger partial charge on any atom is 0.213 e. The third-order valence-corrected chi connectivity index (χ3v) is 5.79. The van der Waals surface area contributed by atoms with E-state index >= 15 is 0 Å². The topological polar surface area (TPSA) is 65.0 Å². The quantitative estimate of drug-likeness (QED) is 0.257. The summed E-state index contributed by atoms with van der Waals surface area (Å²) in [6, 6.07) is 7.70. The summed E-state index contributed by atoms with van der Waals surface area (Å²) in [7, 11) is 2.19. The van der Waals surface area contributed by atoms with Crippen LogP contribution in [0.15, 0.2) is 29.3 Å². The van der Waals surface area contributed by atoms with Gasteiger partial charge in [-0.1, -0.05) is 23.7 Å². The fourth-order valence-corrected chi connectivity index (χ4v) is 3.16. The number of benzene rings is 1. The molecular formula is C16H28ClIN4O2S. The second-order valence-electron chi connectivity index (χ2n) is 5.53. The van der Waals surface area contributed by atoms with Crippen molar-refractivity contribution in [2.45, 2.75) is 19.9 Å². The second kappa shape index (κ2) is 11.9. The predicted octanol–water partition coefficient (Wildman–Crippen LogP) is 2.64. The molecule has 0 unspecified atom stereocenters. The third-order valence-electron chi connectivity index (χ3n) is 3.68. The van der Waals surface area contributed by atoms with Gasteiger partial charge in [-0.15, -0.1) is 24.0 Å². The van der Waals surface area contributed by atoms with Crippen molar-refractivity contribution in [3.8, 4) is 0 Å². The Kier molecular flexibility index (Phi) is 11.6. The molecule has 1 aromatic rings. The molecule has 0 fully saturated rings. The van der Waals surface area contributed by atoms with Crippen LogP contribution >= 0.6 is 35.6 Å². The molecule has 0 saturated carbocycles. The summed E-state index contributed by atoms with van der Waals surface area (Å²) >= 11 is 5.89. The van der Waals surface area contributed by atoms with Crippen LogP contribution in [0.3, 0.4) is 0 Å². The molecule has 6 nitrogen and oxygen atoms in total. The van der Waals surface area contributed by atoms with Crippen molar-refractivity contribution < 1.29 is 8.42 Å². The van der Waals surface area contributed by atoms with Crippen molar-refractivity contribution in [3.63, 3.8) is 0 Å². The Hall–Kier alpha value is -0.580. The Morgan fingerprint density at radius 2 is 1.84 bits per heavy atom. The normalized spacial score (nSPS) is 12.0. The van der Waals surface area contributed by atoms with Gasteiger partial charge in [0.15, 0.2) is 5.96 Å². The lowest BCUT2D eigenvalue weighted by Crippen LogP contribution is -2.40. The summed E-state index contributed by atoms with van der Waals surface area (Å²) < 4.78 is 24.8. The largest absolute Gasteiger partial charge is 0.356 e. The molecule has 0 heterocycles. The van der Waals surface area contributed by atoms with E-state index in [0.29, 0.717) is 26.1 Å². The number of nitrogens with zero attached hydrogens (tertiary/aromatic N) is 3. The van der Waals surface area contributed by atoms with Crippen LogP contribution in [0.5, 0.6) is 0 Å². The highest BCUT2D eigenvalue weighted by Crippen LogP contribution is 2.11. The van der Waals surface area contributed by atoms with Crippen LogP contribution in [0.2, 0.25) is 5.02 Å². The fourth-order valence-electron chi connectivity index (χ4n) is 2.18. The Bertz CT molecular complexity index is 638. The Morgan fingerprint density at radius 3 is 2.36 bits per heavy atom. The molecule has 1 aromatic carbocycles. The van der Waals surface area contributed by atoms with Gasteiger partial charge in [0.05, 0.1) is 5.75 Å². The highest BCUT2D eigenvalue weighted by molar-refractivity contribution is 14.0. The Balaban J connectivity index is 0.00000576. The van der Waals surface area contributed by atoms with Gasteiger partial charge < -0.3 is 10.2 Å². The second-order valence-corrected chi connectivity index (χ2v) is 8.33. The minimum absolute atomic E-state index is 0. The van der Waals surface area contributed by atoms with Crippen LogP contribution in [-0.2, 0) is 16.6 Å². The number of guanidine groups is 1. The van der Waals surface area contributed by atoms with Crippen molar-refractivity contribution in [2.24, 2.45) is 4.99 Å². The molecule has 144 valence electrons. The van der Waals surface area contributed by atoms with E-state index < -0.39 is 10.0 Å². The highest BCUT2D eigenvalue weighted by Gasteiger charge is 2.14. The number of nitrogens with one attached hydrogen (secondary N) is 1. The van der Waals surface area contributed by atoms with Crippen molar-refractivity contribution in [1.29, 1.82) is 0 Å². The number of halogens is 2. The molecule has 0 saturated heterocycles. The summed E-state index contributed by atoms with van der Waals surface area (Å²) in [6.07, 6.45) is 0.712. The first-order valence-electron chi connectivity index (χ1n) is 7.90. The third kappa shape index (κ3) is 8.57. The molecule has 1 rings (SSSR count). The first kappa shape index (κ1) is 24.4. The number of sulfonamides is 1. The Labute approximate surface area is 173 Å². The average Bonchev–Trinajstić information content (AvgIpc) is 2.56. The zero-order valence-electron chi connectivity index (χ0n) is 15.2. The maximum atomic E-state index is 11.7. The number of hydrogen-bond acceptors (Lipinski definition) is 3. The van der Waals surface area contributed by atoms with Gasteiger partial charge in [0.2, 0.25) is 10.0 Å². The standard InChI is InChI=1S/C16H27ClN4O2S.HI/c1-5-24(22,23)21(4)12-6-11-19-16(18-2)20(3)13-14-7-9-15(17)10-8-14;/h7-10H,5-6,11-13H2,1-4H3,(H,18,19);1H. The van der Waals surface area contributed by atoms with Crippen LogP contribution in [-0.4, -0.2) is 63.6 Å². The lowest BCUT2D eigenvalue weighted by molar-refractivity contribution is 0.450. The van der Waals surface area contributed by atoms with Crippen molar-refractivity contribution >= 4 is 51.6 Å². The van der Waals surface area contributed by atoms with Gasteiger partial charge in [-0.25, -0.2) is 12.7 Å². The van der Waals surface area contributed by atoms with E-state index in [1.807, 2.05) is 36.2 Å². The minimum Gasteiger partial charge on any atom is -0.356 e. The average molecular weight is 503 g/mol. The highest BCUT2D eigenvalue weighted by atomic mass is 127. The van der Waals surface area contributed by atoms with Crippen molar-refractivity contribution in [2.75, 3.05) is 40.0 Å². The van der Waals surface area contributed by atoms with Gasteiger partial charge in [0.25, 0.3) is 0 Å². The molecule has 0 spiro atoms. The SMILES string of the molecule is CCS(=O)(=O)N(C)CCCNC(=NC)N(C)Cc1ccc(Cl)cc1.I. The monoisotopic (exact) mass is 502 g/mol. The van der Waals surface area contributed by atoms with Gasteiger partial charge >= 0.3 is 0 Å². The van der Waals surface area contributed by atoms with Crippen LogP contribution in [0.25, 0.3) is 0 Å². The summed E-state index contributed by atoms with van der Waals surface area (Å²) in [5, 5.41) is 3.97. The van der Waals surface area contributed by atoms with Crippen LogP contribution in [0.1, 0.15) is 18.9 Å². The zero-order chi connectivity index (χ0) is 18.2. The van der Waals surface area contributed by atoms with Crippen LogP contribution in [0.4, 0.5) is 0 Å². The first-order chi connectivity index (χ1) is 11.3. The molecular weight excluding hydrogens is 475 g/mol. The van der Waals surface area contributed by atoms with Crippen molar-refractivity contribution in [1.82, 2.24) is 14.5 Å². The van der Waals surface area contributed by atoms with E-state index in [4.69, 9.17) is 11.6 Å². The van der Waals surface area contributed by atoms with Crippen molar-refractivity contribution in [3.05, 3.63) is 34.9 Å². The van der Waals surface area contributed by atoms with Gasteiger partial charge in [-0.05, 0) is 31.0 Å². The van der Waals surface area contributed by atoms with Gasteiger partial charge in [0, 0.05) is 45.8 Å². The Morgan fingerprint density at radius 1 is 1.24 bits per heavy atom. The van der Waals surface area contributed by atoms with Gasteiger partial charge in [-0.2, -0.15) is 0 Å². The summed E-state index contributed by atoms with van der Waals surface area (Å²) in [5.74, 6) is 0.897. The van der Waals surface area contributed by atoms with E-state index in [-0.39, 0.29) is 29.7 Å². The molecule has 0 bridgehead atoms. The molecule has 1 N–H and O–H groups in total. The molecule has 0 amide bonds. The summed E-state index contributed by atoms with van der Waals surface area (Å²) in [4.78, 5) is 6.27. The maximum absolute atomic E-state index is 11.7. The molecule has 0 aliphatic rings. The smallest absolute Gasteiger partial charge is 0.213 e. The first-order valence-corrected chi connectivity index (χ1v) is 9.89. The van der Waals surface area contributed by atoms with E-state index in [1.165, 1.54) is 4.31 Å². The fraction of sp³-hybridized carbons (Fsp3) is 0.562. The summed E-state index contributed by atoms with van der Waals surface area (Å²) in [6.45, 7) is 3.50. The molecule has 0 radical (unpaired) electrons. The predicted molar refractivity (Wildman–Crippen MR) is 116 cm³/mol. The molecule has 9 heteroatoms. The molecule has 0 atom stereocenters. The van der Waals surface area contributed by atoms with Crippen LogP contribution < -0.4 is 5.32 Å². The minimum atomic E-state index is -3.11. The zero-order valence-corrected chi connectivity index (χ0v) is 19.1. The van der Waals surface area contributed by atoms with E-state index in [2.05, 4.69) is 10.3 Å². The molecule has 0 aliphatic heterocycles. The van der Waals surface area contributed by atoms with E-state index in [0.717, 1.165) is 16.5 Å². The summed E-state index contributed by atoms with van der Waals surface area (Å²) in [5.41, 5.74) is 1.14.